The van der Waals surface area contributed by atoms with Crippen molar-refractivity contribution in [2.75, 3.05) is 48.9 Å². The standard InChI is InChI=1S/C44H47N6O7PS2.C3H6/c1-26(2)42(53)46-21-7-23-48-44(55)29-10-14-31(15-11-29)50(5)60-39-25-38(59-49(4)30-12-8-28(9-13-30)43(54)47-22-6-20-45-27(3)51)34-18-16-32-36(52)24-37(58(56)57)33-17-19-35(39)41(34)40(32)33;1-3-2/h8-19,24-25,52,56-57H,1,6-7,20-23H2,2-5H3,(H,45,51)(H,46,53)(H,47,54)(H,48,55);3H,1H2,2H3. The van der Waals surface area contributed by atoms with E-state index in [9.17, 15) is 34.1 Å². The number of allylic oxidation sites excluding steroid dienone is 1. The van der Waals surface area contributed by atoms with Gasteiger partial charge in [-0.1, -0.05) is 30.9 Å². The van der Waals surface area contributed by atoms with Gasteiger partial charge in [-0.05, 0) is 139 Å². The molecule has 16 heteroatoms. The summed E-state index contributed by atoms with van der Waals surface area (Å²) in [4.78, 5) is 71.0. The predicted molar refractivity (Wildman–Crippen MR) is 260 cm³/mol. The lowest BCUT2D eigenvalue weighted by Crippen LogP contribution is -2.30. The second-order valence-electron chi connectivity index (χ2n) is 14.6. The molecule has 0 aromatic heterocycles. The molecule has 0 aliphatic rings. The van der Waals surface area contributed by atoms with Crippen LogP contribution in [0.15, 0.2) is 120 Å². The molecule has 0 fully saturated rings. The Morgan fingerprint density at radius 1 is 0.651 bits per heavy atom. The molecule has 6 aromatic carbocycles. The first kappa shape index (κ1) is 48.2. The fourth-order valence-corrected chi connectivity index (χ4v) is 9.29. The van der Waals surface area contributed by atoms with Crippen LogP contribution >= 0.6 is 32.3 Å². The number of phenols is 1. The van der Waals surface area contributed by atoms with Crippen LogP contribution in [0.25, 0.3) is 32.3 Å². The maximum atomic E-state index is 12.9. The normalized spacial score (nSPS) is 10.9. The zero-order valence-corrected chi connectivity index (χ0v) is 38.5. The highest BCUT2D eigenvalue weighted by atomic mass is 32.2. The molecule has 0 saturated heterocycles. The maximum absolute atomic E-state index is 12.9. The number of benzene rings is 6. The third kappa shape index (κ3) is 12.2. The summed E-state index contributed by atoms with van der Waals surface area (Å²) in [6.45, 7) is 13.7. The van der Waals surface area contributed by atoms with Crippen LogP contribution in [0.5, 0.6) is 5.75 Å². The average molecular weight is 909 g/mol. The summed E-state index contributed by atoms with van der Waals surface area (Å²) >= 11 is 2.99. The first-order valence-corrected chi connectivity index (χ1v) is 22.9. The molecule has 0 aliphatic carbocycles. The molecule has 330 valence electrons. The van der Waals surface area contributed by atoms with Gasteiger partial charge in [0.15, 0.2) is 8.38 Å². The van der Waals surface area contributed by atoms with Gasteiger partial charge in [-0.15, -0.1) is 6.58 Å². The first-order valence-electron chi connectivity index (χ1n) is 20.2. The van der Waals surface area contributed by atoms with Gasteiger partial charge >= 0.3 is 0 Å². The highest BCUT2D eigenvalue weighted by molar-refractivity contribution is 8.01. The fourth-order valence-electron chi connectivity index (χ4n) is 6.66. The van der Waals surface area contributed by atoms with E-state index >= 15 is 0 Å². The number of aromatic hydroxyl groups is 1. The minimum atomic E-state index is -2.50. The van der Waals surface area contributed by atoms with Crippen molar-refractivity contribution in [2.45, 2.75) is 43.4 Å². The number of rotatable bonds is 18. The summed E-state index contributed by atoms with van der Waals surface area (Å²) in [6, 6.07) is 25.8. The topological polar surface area (TPSA) is 184 Å². The van der Waals surface area contributed by atoms with E-state index in [4.69, 9.17) is 0 Å². The SMILES string of the molecule is C=C(C)C(=O)NCCCNC(=O)c1ccc(N(C)Sc2cc(SN(C)c3ccc(C(=O)NCCCNC(C)=O)cc3)c3ccc4c(O)cc(P(O)O)c5ccc2c3c45)cc1.C=CC. The van der Waals surface area contributed by atoms with Crippen LogP contribution in [0, 0.1) is 0 Å². The lowest BCUT2D eigenvalue weighted by atomic mass is 9.94. The molecule has 6 aromatic rings. The van der Waals surface area contributed by atoms with Gasteiger partial charge in [-0.25, -0.2) is 0 Å². The van der Waals surface area contributed by atoms with Crippen LogP contribution < -0.4 is 35.2 Å². The van der Waals surface area contributed by atoms with Crippen LogP contribution in [-0.2, 0) is 9.59 Å². The summed E-state index contributed by atoms with van der Waals surface area (Å²) < 4.78 is 4.01. The van der Waals surface area contributed by atoms with Gasteiger partial charge in [0.25, 0.3) is 11.8 Å². The average Bonchev–Trinajstić information content (AvgIpc) is 3.26. The van der Waals surface area contributed by atoms with Gasteiger partial charge in [0.05, 0.1) is 0 Å². The summed E-state index contributed by atoms with van der Waals surface area (Å²) in [5, 5.41) is 27.3. The Kier molecular flexibility index (Phi) is 17.2. The Balaban J connectivity index is 0.00000242. The van der Waals surface area contributed by atoms with E-state index < -0.39 is 8.38 Å². The number of carbonyl (C=O) groups excluding carboxylic acids is 4. The third-order valence-electron chi connectivity index (χ3n) is 9.78. The van der Waals surface area contributed by atoms with Crippen molar-refractivity contribution in [3.8, 4) is 5.75 Å². The molecule has 0 aliphatic heterocycles. The Hall–Kier alpha value is -5.83. The summed E-state index contributed by atoms with van der Waals surface area (Å²) in [7, 11) is 1.37. The molecule has 0 atom stereocenters. The van der Waals surface area contributed by atoms with Crippen molar-refractivity contribution >= 4 is 105 Å². The number of phenolic OH excluding ortho intramolecular Hbond substituents is 1. The van der Waals surface area contributed by atoms with Crippen LogP contribution in [0.3, 0.4) is 0 Å². The molecule has 0 saturated carbocycles. The monoisotopic (exact) mass is 908 g/mol. The lowest BCUT2D eigenvalue weighted by Gasteiger charge is -2.24. The number of anilines is 2. The fraction of sp³-hybridized carbons (Fsp3) is 0.234. The van der Waals surface area contributed by atoms with Crippen LogP contribution in [-0.4, -0.2) is 78.8 Å². The van der Waals surface area contributed by atoms with E-state index in [0.29, 0.717) is 66.5 Å². The van der Waals surface area contributed by atoms with E-state index in [1.807, 2.05) is 78.2 Å². The molecule has 0 radical (unpaired) electrons. The number of nitrogens with one attached hydrogen (secondary N) is 4. The van der Waals surface area contributed by atoms with Crippen molar-refractivity contribution in [3.05, 3.63) is 121 Å². The van der Waals surface area contributed by atoms with Gasteiger partial charge in [-0.3, -0.25) is 19.2 Å². The Labute approximate surface area is 377 Å². The molecule has 63 heavy (non-hydrogen) atoms. The zero-order valence-electron chi connectivity index (χ0n) is 35.9. The second kappa shape index (κ2) is 22.5. The number of amides is 4. The molecule has 13 nitrogen and oxygen atoms in total. The van der Waals surface area contributed by atoms with Gasteiger partial charge in [0, 0.05) is 101 Å². The molecule has 7 N–H and O–H groups in total. The molecule has 0 unspecified atom stereocenters. The minimum Gasteiger partial charge on any atom is -0.507 e. The summed E-state index contributed by atoms with van der Waals surface area (Å²) in [6.07, 6.45) is 2.95. The molecule has 0 bridgehead atoms. The lowest BCUT2D eigenvalue weighted by molar-refractivity contribution is -0.119. The summed E-state index contributed by atoms with van der Waals surface area (Å²) in [5.41, 5.74) is 3.15. The van der Waals surface area contributed by atoms with Crippen molar-refractivity contribution in [2.24, 2.45) is 0 Å². The molecular weight excluding hydrogens is 856 g/mol. The van der Waals surface area contributed by atoms with Gasteiger partial charge in [-0.2, -0.15) is 0 Å². The van der Waals surface area contributed by atoms with Crippen LogP contribution in [0.1, 0.15) is 54.3 Å². The first-order chi connectivity index (χ1) is 30.1. The van der Waals surface area contributed by atoms with E-state index in [2.05, 4.69) is 40.5 Å². The maximum Gasteiger partial charge on any atom is 0.251 e. The minimum absolute atomic E-state index is 0.0421. The molecule has 0 heterocycles. The van der Waals surface area contributed by atoms with E-state index in [-0.39, 0.29) is 34.7 Å². The van der Waals surface area contributed by atoms with Crippen molar-refractivity contribution in [1.82, 2.24) is 21.3 Å². The Morgan fingerprint density at radius 3 is 1.51 bits per heavy atom. The number of hydrogen-bond donors (Lipinski definition) is 7. The van der Waals surface area contributed by atoms with Crippen LogP contribution in [0.2, 0.25) is 0 Å². The predicted octanol–water partition coefficient (Wildman–Crippen LogP) is 7.76. The van der Waals surface area contributed by atoms with Crippen molar-refractivity contribution < 1.29 is 34.1 Å². The van der Waals surface area contributed by atoms with Crippen molar-refractivity contribution in [3.63, 3.8) is 0 Å². The van der Waals surface area contributed by atoms with Gasteiger partial charge < -0.3 is 44.8 Å². The molecule has 4 amide bonds. The number of hydrogen-bond acceptors (Lipinski definition) is 11. The third-order valence-corrected chi connectivity index (χ3v) is 12.6. The van der Waals surface area contributed by atoms with E-state index in [1.54, 1.807) is 37.3 Å². The van der Waals surface area contributed by atoms with Crippen molar-refractivity contribution in [1.29, 1.82) is 0 Å². The highest BCUT2D eigenvalue weighted by Crippen LogP contribution is 2.47. The molecular formula is C47H53N6O7PS2. The molecule has 0 spiro atoms. The van der Waals surface area contributed by atoms with E-state index in [1.165, 1.54) is 36.9 Å². The number of carbonyl (C=O) groups is 4. The highest BCUT2D eigenvalue weighted by Gasteiger charge is 2.23. The zero-order chi connectivity index (χ0) is 45.8. The van der Waals surface area contributed by atoms with Gasteiger partial charge in [0.1, 0.15) is 5.75 Å². The largest absolute Gasteiger partial charge is 0.507 e. The molecule has 6 rings (SSSR count). The second-order valence-corrected chi connectivity index (χ2v) is 18.0. The van der Waals surface area contributed by atoms with E-state index in [0.717, 1.165) is 42.7 Å². The number of nitrogens with zero attached hydrogens (tertiary/aromatic N) is 2. The van der Waals surface area contributed by atoms with Gasteiger partial charge in [0.2, 0.25) is 11.8 Å². The quantitative estimate of drug-likeness (QED) is 0.0112. The Bertz CT molecular complexity index is 2610. The van der Waals surface area contributed by atoms with Crippen LogP contribution in [0.4, 0.5) is 11.4 Å². The smallest absolute Gasteiger partial charge is 0.251 e. The Morgan fingerprint density at radius 2 is 1.06 bits per heavy atom. The summed E-state index contributed by atoms with van der Waals surface area (Å²) in [5.74, 6) is -0.782.